The summed E-state index contributed by atoms with van der Waals surface area (Å²) in [5, 5.41) is 0. The fourth-order valence-electron chi connectivity index (χ4n) is 5.39. The van der Waals surface area contributed by atoms with Crippen LogP contribution in [0, 0.1) is 6.92 Å². The summed E-state index contributed by atoms with van der Waals surface area (Å²) in [7, 11) is 0. The van der Waals surface area contributed by atoms with Crippen molar-refractivity contribution in [3.8, 4) is 11.3 Å². The molecule has 1 aliphatic heterocycles. The van der Waals surface area contributed by atoms with Gasteiger partial charge in [-0.25, -0.2) is 0 Å². The zero-order chi connectivity index (χ0) is 18.7. The van der Waals surface area contributed by atoms with E-state index in [1.54, 1.807) is 5.56 Å². The van der Waals surface area contributed by atoms with Gasteiger partial charge in [0.25, 0.3) is 0 Å². The molecule has 0 saturated carbocycles. The number of aryl methyl sites for hydroxylation is 1. The van der Waals surface area contributed by atoms with Crippen molar-refractivity contribution in [3.63, 3.8) is 0 Å². The Labute approximate surface area is 160 Å². The van der Waals surface area contributed by atoms with E-state index in [1.165, 1.54) is 67.3 Å². The molecule has 26 heavy (non-hydrogen) atoms. The minimum Gasteiger partial charge on any atom is -0.192 e. The maximum absolute atomic E-state index is 2.65. The molecular weight excluding hydrogens is 314 g/mol. The van der Waals surface area contributed by atoms with E-state index in [-0.39, 0.29) is 5.54 Å². The van der Waals surface area contributed by atoms with Crippen molar-refractivity contribution < 1.29 is 4.57 Å². The third-order valence-electron chi connectivity index (χ3n) is 6.90. The van der Waals surface area contributed by atoms with E-state index in [2.05, 4.69) is 75.7 Å². The standard InChI is InChI=1S/C25H36N/c1-6-10-11-14-20-17-18-26-24(19(20)5)22-16-13-12-15-21(22)23(7-2)25(26,8-3)9-4/h12-13,15-18,23H,6-11,14H2,1-5H3/q+1. The molecule has 0 spiro atoms. The molecule has 0 radical (unpaired) electrons. The van der Waals surface area contributed by atoms with Gasteiger partial charge in [0.05, 0.1) is 5.56 Å². The van der Waals surface area contributed by atoms with Crippen molar-refractivity contribution in [1.82, 2.24) is 0 Å². The molecule has 1 unspecified atom stereocenters. The first-order valence-corrected chi connectivity index (χ1v) is 10.8. The summed E-state index contributed by atoms with van der Waals surface area (Å²) >= 11 is 0. The zero-order valence-electron chi connectivity index (χ0n) is 17.4. The highest BCUT2D eigenvalue weighted by Crippen LogP contribution is 2.47. The van der Waals surface area contributed by atoms with Crippen LogP contribution in [-0.2, 0) is 12.0 Å². The SMILES string of the molecule is CCCCCc1cc[n+]2c(c1C)-c1ccccc1C(CC)C2(CC)CC. The second-order valence-corrected chi connectivity index (χ2v) is 8.00. The lowest BCUT2D eigenvalue weighted by Gasteiger charge is -2.40. The van der Waals surface area contributed by atoms with E-state index < -0.39 is 0 Å². The van der Waals surface area contributed by atoms with Gasteiger partial charge in [-0.05, 0) is 43.4 Å². The molecule has 0 saturated heterocycles. The second-order valence-electron chi connectivity index (χ2n) is 8.00. The van der Waals surface area contributed by atoms with Gasteiger partial charge in [0, 0.05) is 30.4 Å². The van der Waals surface area contributed by atoms with E-state index in [4.69, 9.17) is 0 Å². The molecule has 1 aromatic heterocycles. The number of unbranched alkanes of at least 4 members (excludes halogenated alkanes) is 2. The Kier molecular flexibility index (Phi) is 5.85. The number of fused-ring (bicyclic) bond motifs is 3. The van der Waals surface area contributed by atoms with Crippen LogP contribution in [0.3, 0.4) is 0 Å². The first-order chi connectivity index (χ1) is 12.6. The van der Waals surface area contributed by atoms with E-state index >= 15 is 0 Å². The molecule has 0 amide bonds. The molecule has 1 heteroatoms. The van der Waals surface area contributed by atoms with Crippen molar-refractivity contribution in [1.29, 1.82) is 0 Å². The number of benzene rings is 1. The number of rotatable bonds is 7. The highest BCUT2D eigenvalue weighted by atomic mass is 15.1. The molecule has 140 valence electrons. The summed E-state index contributed by atoms with van der Waals surface area (Å²) in [6.07, 6.45) is 11.1. The van der Waals surface area contributed by atoms with Crippen LogP contribution in [0.1, 0.15) is 88.8 Å². The highest BCUT2D eigenvalue weighted by Gasteiger charge is 2.50. The van der Waals surface area contributed by atoms with Crippen molar-refractivity contribution >= 4 is 0 Å². The van der Waals surface area contributed by atoms with Crippen LogP contribution in [0.4, 0.5) is 0 Å². The quantitative estimate of drug-likeness (QED) is 0.386. The minimum absolute atomic E-state index is 0.200. The molecule has 3 rings (SSSR count). The topological polar surface area (TPSA) is 3.88 Å². The maximum Gasteiger partial charge on any atom is 0.216 e. The van der Waals surface area contributed by atoms with Crippen LogP contribution in [-0.4, -0.2) is 0 Å². The number of nitrogens with zero attached hydrogens (tertiary/aromatic N) is 1. The van der Waals surface area contributed by atoms with Crippen LogP contribution in [0.5, 0.6) is 0 Å². The smallest absolute Gasteiger partial charge is 0.192 e. The third kappa shape index (κ3) is 2.90. The van der Waals surface area contributed by atoms with Crippen LogP contribution in [0.2, 0.25) is 0 Å². The number of hydrogen-bond acceptors (Lipinski definition) is 0. The molecule has 0 aliphatic carbocycles. The molecule has 1 aliphatic rings. The summed E-state index contributed by atoms with van der Waals surface area (Å²) in [5.41, 5.74) is 7.74. The van der Waals surface area contributed by atoms with Crippen LogP contribution in [0.15, 0.2) is 36.5 Å². The summed E-state index contributed by atoms with van der Waals surface area (Å²) < 4.78 is 2.65. The Balaban J connectivity index is 2.23. The first-order valence-electron chi connectivity index (χ1n) is 10.8. The van der Waals surface area contributed by atoms with Gasteiger partial charge in [-0.1, -0.05) is 58.7 Å². The average molecular weight is 351 g/mol. The molecule has 0 N–H and O–H groups in total. The predicted octanol–water partition coefficient (Wildman–Crippen LogP) is 6.70. The molecule has 1 atom stereocenters. The normalized spacial score (nSPS) is 17.7. The first kappa shape index (κ1) is 19.1. The lowest BCUT2D eigenvalue weighted by Crippen LogP contribution is -2.62. The fraction of sp³-hybridized carbons (Fsp3) is 0.560. The summed E-state index contributed by atoms with van der Waals surface area (Å²) in [6.45, 7) is 11.8. The lowest BCUT2D eigenvalue weighted by atomic mass is 9.69. The maximum atomic E-state index is 2.65. The zero-order valence-corrected chi connectivity index (χ0v) is 17.4. The van der Waals surface area contributed by atoms with Crippen molar-refractivity contribution in [2.75, 3.05) is 0 Å². The van der Waals surface area contributed by atoms with Gasteiger partial charge in [-0.3, -0.25) is 0 Å². The Hall–Kier alpha value is -1.63. The van der Waals surface area contributed by atoms with E-state index in [0.717, 1.165) is 0 Å². The van der Waals surface area contributed by atoms with Gasteiger partial charge in [0.15, 0.2) is 11.7 Å². The van der Waals surface area contributed by atoms with Gasteiger partial charge in [-0.15, -0.1) is 0 Å². The number of pyridine rings is 1. The molecule has 1 nitrogen and oxygen atoms in total. The monoisotopic (exact) mass is 350 g/mol. The van der Waals surface area contributed by atoms with Crippen LogP contribution >= 0.6 is 0 Å². The summed E-state index contributed by atoms with van der Waals surface area (Å²) in [5.74, 6) is 0.594. The van der Waals surface area contributed by atoms with Gasteiger partial charge in [0.1, 0.15) is 0 Å². The van der Waals surface area contributed by atoms with Gasteiger partial charge in [0.2, 0.25) is 5.69 Å². The van der Waals surface area contributed by atoms with Crippen molar-refractivity contribution in [3.05, 3.63) is 53.2 Å². The third-order valence-corrected chi connectivity index (χ3v) is 6.90. The molecular formula is C25H36N+. The van der Waals surface area contributed by atoms with Crippen molar-refractivity contribution in [2.45, 2.75) is 91.0 Å². The molecule has 0 fully saturated rings. The minimum atomic E-state index is 0.200. The molecule has 2 heterocycles. The van der Waals surface area contributed by atoms with Gasteiger partial charge < -0.3 is 0 Å². The van der Waals surface area contributed by atoms with E-state index in [9.17, 15) is 0 Å². The van der Waals surface area contributed by atoms with Crippen LogP contribution < -0.4 is 4.57 Å². The lowest BCUT2D eigenvalue weighted by molar-refractivity contribution is -0.763. The summed E-state index contributed by atoms with van der Waals surface area (Å²) in [6, 6.07) is 11.6. The Bertz CT molecular complexity index is 755. The number of aromatic nitrogens is 1. The fourth-order valence-corrected chi connectivity index (χ4v) is 5.39. The predicted molar refractivity (Wildman–Crippen MR) is 112 cm³/mol. The van der Waals surface area contributed by atoms with Crippen molar-refractivity contribution in [2.24, 2.45) is 0 Å². The van der Waals surface area contributed by atoms with Crippen LogP contribution in [0.25, 0.3) is 11.3 Å². The summed E-state index contributed by atoms with van der Waals surface area (Å²) in [4.78, 5) is 0. The molecule has 1 aromatic carbocycles. The van der Waals surface area contributed by atoms with Gasteiger partial charge >= 0.3 is 0 Å². The van der Waals surface area contributed by atoms with E-state index in [0.29, 0.717) is 5.92 Å². The second kappa shape index (κ2) is 7.94. The highest BCUT2D eigenvalue weighted by molar-refractivity contribution is 5.67. The van der Waals surface area contributed by atoms with Gasteiger partial charge in [-0.2, -0.15) is 4.57 Å². The van der Waals surface area contributed by atoms with E-state index in [1.807, 2.05) is 0 Å². The molecule has 2 aromatic rings. The Morgan fingerprint density at radius 2 is 1.69 bits per heavy atom. The number of hydrogen-bond donors (Lipinski definition) is 0. The average Bonchev–Trinajstić information content (AvgIpc) is 2.68. The largest absolute Gasteiger partial charge is 0.216 e. The molecule has 0 bridgehead atoms. The Morgan fingerprint density at radius 3 is 2.35 bits per heavy atom. The Morgan fingerprint density at radius 1 is 0.962 bits per heavy atom.